The molecule has 0 fully saturated rings. The maximum atomic E-state index is 9.07. The number of fused-ring (bicyclic) bond motifs is 3. The number of nitrogens with zero attached hydrogens (tertiary/aromatic N) is 3. The molecule has 0 aliphatic rings. The van der Waals surface area contributed by atoms with Crippen LogP contribution in [0.25, 0.3) is 56.1 Å². The van der Waals surface area contributed by atoms with Gasteiger partial charge in [0.2, 0.25) is 0 Å². The summed E-state index contributed by atoms with van der Waals surface area (Å²) < 4.78 is 23.6. The van der Waals surface area contributed by atoms with E-state index >= 15 is 0 Å². The molecule has 0 amide bonds. The Balaban J connectivity index is 1.26. The molecule has 4 nitrogen and oxygen atoms in total. The van der Waals surface area contributed by atoms with Crippen molar-refractivity contribution in [1.82, 2.24) is 15.0 Å². The van der Waals surface area contributed by atoms with Crippen molar-refractivity contribution >= 4 is 50.8 Å². The maximum absolute atomic E-state index is 9.07. The molecule has 9 rings (SSSR count). The average molecular weight is 660 g/mol. The number of furan rings is 1. The summed E-state index contributed by atoms with van der Waals surface area (Å²) in [6.45, 7) is 0. The Kier molecular flexibility index (Phi) is 6.90. The number of aromatic nitrogens is 3. The van der Waals surface area contributed by atoms with Crippen LogP contribution in [0.5, 0.6) is 0 Å². The molecule has 0 radical (unpaired) electrons. The van der Waals surface area contributed by atoms with Crippen LogP contribution in [0.4, 0.5) is 0 Å². The zero-order chi connectivity index (χ0) is 35.1. The molecule has 236 valence electrons. The number of para-hydroxylation sites is 1. The topological polar surface area (TPSA) is 51.8 Å². The van der Waals surface area contributed by atoms with Gasteiger partial charge in [0.05, 0.1) is 2.74 Å². The van der Waals surface area contributed by atoms with Crippen LogP contribution in [0.15, 0.2) is 192 Å². The van der Waals surface area contributed by atoms with Gasteiger partial charge in [-0.15, -0.1) is 0 Å². The van der Waals surface area contributed by atoms with E-state index in [1.165, 1.54) is 20.7 Å². The lowest BCUT2D eigenvalue weighted by molar-refractivity contribution is 0.669. The quantitative estimate of drug-likeness (QED) is 0.128. The lowest BCUT2D eigenvalue weighted by atomic mass is 10.1. The van der Waals surface area contributed by atoms with E-state index in [1.54, 1.807) is 30.3 Å². The van der Waals surface area contributed by atoms with Crippen molar-refractivity contribution in [3.05, 3.63) is 188 Å². The fourth-order valence-electron chi connectivity index (χ4n) is 7.09. The van der Waals surface area contributed by atoms with Gasteiger partial charge in [-0.3, -0.25) is 0 Å². The molecule has 0 atom stereocenters. The van der Waals surface area contributed by atoms with Gasteiger partial charge in [-0.25, -0.2) is 15.0 Å². The van der Waals surface area contributed by atoms with Crippen molar-refractivity contribution in [2.45, 2.75) is 0 Å². The number of hydrogen-bond donors (Lipinski definition) is 0. The van der Waals surface area contributed by atoms with Gasteiger partial charge in [0.25, 0.3) is 0 Å². The lowest BCUT2D eigenvalue weighted by Crippen LogP contribution is -2.74. The molecule has 0 aliphatic carbocycles. The van der Waals surface area contributed by atoms with Crippen LogP contribution in [-0.2, 0) is 0 Å². The van der Waals surface area contributed by atoms with Gasteiger partial charge in [0, 0.05) is 27.5 Å². The van der Waals surface area contributed by atoms with E-state index in [-0.39, 0.29) is 6.04 Å². The van der Waals surface area contributed by atoms with E-state index in [9.17, 15) is 0 Å². The number of benzene rings is 7. The van der Waals surface area contributed by atoms with Gasteiger partial charge < -0.3 is 4.42 Å². The van der Waals surface area contributed by atoms with Crippen molar-refractivity contribution < 1.29 is 7.16 Å². The van der Waals surface area contributed by atoms with Gasteiger partial charge in [0.15, 0.2) is 25.5 Å². The zero-order valence-electron chi connectivity index (χ0n) is 29.0. The highest BCUT2D eigenvalue weighted by molar-refractivity contribution is 7.19. The van der Waals surface area contributed by atoms with Crippen LogP contribution in [0.1, 0.15) is 2.74 Å². The number of rotatable bonds is 7. The van der Waals surface area contributed by atoms with Gasteiger partial charge >= 0.3 is 0 Å². The van der Waals surface area contributed by atoms with Gasteiger partial charge in [-0.2, -0.15) is 0 Å². The second-order valence-corrected chi connectivity index (χ2v) is 16.0. The summed E-state index contributed by atoms with van der Waals surface area (Å²) in [5.74, 6) is 1.40. The summed E-state index contributed by atoms with van der Waals surface area (Å²) >= 11 is 0. The van der Waals surface area contributed by atoms with Crippen LogP contribution in [0.2, 0.25) is 0 Å². The Bertz CT molecular complexity index is 2590. The van der Waals surface area contributed by atoms with Gasteiger partial charge in [-0.1, -0.05) is 176 Å². The first-order valence-corrected chi connectivity index (χ1v) is 18.6. The minimum atomic E-state index is -2.72. The monoisotopic (exact) mass is 659 g/mol. The van der Waals surface area contributed by atoms with Crippen molar-refractivity contribution in [2.75, 3.05) is 0 Å². The Morgan fingerprint density at radius 2 is 0.900 bits per heavy atom. The average Bonchev–Trinajstić information content (AvgIpc) is 3.57. The minimum absolute atomic E-state index is 0.265. The highest BCUT2D eigenvalue weighted by atomic mass is 28.3. The summed E-state index contributed by atoms with van der Waals surface area (Å²) in [5, 5.41) is 6.61. The second-order valence-electron chi connectivity index (χ2n) is 12.2. The third-order valence-corrected chi connectivity index (χ3v) is 14.2. The predicted octanol–water partition coefficient (Wildman–Crippen LogP) is 8.15. The third-order valence-electron chi connectivity index (χ3n) is 9.36. The Morgan fingerprint density at radius 3 is 1.48 bits per heavy atom. The first-order chi connectivity index (χ1) is 25.6. The van der Waals surface area contributed by atoms with Crippen LogP contribution < -0.4 is 20.7 Å². The van der Waals surface area contributed by atoms with E-state index < -0.39 is 8.07 Å². The first kappa shape index (κ1) is 27.5. The molecule has 0 spiro atoms. The summed E-state index contributed by atoms with van der Waals surface area (Å²) in [7, 11) is -2.72. The minimum Gasteiger partial charge on any atom is -0.456 e. The molecular formula is C45H31N3OSi. The van der Waals surface area contributed by atoms with E-state index in [0.29, 0.717) is 45.6 Å². The lowest BCUT2D eigenvalue weighted by Gasteiger charge is -2.34. The smallest absolute Gasteiger partial charge is 0.179 e. The van der Waals surface area contributed by atoms with E-state index in [1.807, 2.05) is 30.3 Å². The first-order valence-electron chi connectivity index (χ1n) is 17.6. The molecule has 2 heterocycles. The molecule has 5 heteroatoms. The second kappa shape index (κ2) is 12.5. The molecule has 0 aliphatic heterocycles. The standard InChI is InChI=1S/C45H31N3OSi/c1-5-16-32(17-6-1)43-46-44(48-45(47-43)39-25-15-27-41-42(39)38-24-13-14-26-40(38)49-41)33-28-30-37(31-29-33)50(34-18-7-2-8-19-34,35-20-9-3-10-21-35)36-22-11-4-12-23-36/h1-31H/i13D,25D. The van der Waals surface area contributed by atoms with Crippen LogP contribution in [0.3, 0.4) is 0 Å². The highest BCUT2D eigenvalue weighted by Gasteiger charge is 2.41. The normalized spacial score (nSPS) is 12.2. The largest absolute Gasteiger partial charge is 0.456 e. The molecule has 0 unspecified atom stereocenters. The van der Waals surface area contributed by atoms with Crippen molar-refractivity contribution in [1.29, 1.82) is 0 Å². The molecule has 9 aromatic rings. The molecule has 2 aromatic heterocycles. The molecule has 7 aromatic carbocycles. The summed E-state index contributed by atoms with van der Waals surface area (Å²) in [5.41, 5.74) is 3.49. The summed E-state index contributed by atoms with van der Waals surface area (Å²) in [6, 6.07) is 60.5. The highest BCUT2D eigenvalue weighted by Crippen LogP contribution is 2.36. The van der Waals surface area contributed by atoms with E-state index in [2.05, 4.69) is 115 Å². The molecule has 0 saturated heterocycles. The Morgan fingerprint density at radius 1 is 0.420 bits per heavy atom. The predicted molar refractivity (Wildman–Crippen MR) is 207 cm³/mol. The fourth-order valence-corrected chi connectivity index (χ4v) is 11.8. The SMILES string of the molecule is [2H]c1ccc2oc3ccc([2H])c(-c4nc(-c5ccccc5)nc(-c5ccc([Si](c6ccccc6)(c6ccccc6)c6ccccc6)cc5)n4)c3c2c1. The Hall–Kier alpha value is -6.43. The number of hydrogen-bond acceptors (Lipinski definition) is 4. The molecule has 0 bridgehead atoms. The third kappa shape index (κ3) is 5.03. The van der Waals surface area contributed by atoms with Crippen molar-refractivity contribution in [3.8, 4) is 34.2 Å². The maximum Gasteiger partial charge on any atom is 0.179 e. The van der Waals surface area contributed by atoms with Crippen LogP contribution in [-0.4, -0.2) is 23.0 Å². The van der Waals surface area contributed by atoms with Crippen LogP contribution in [0, 0.1) is 0 Å². The zero-order valence-corrected chi connectivity index (χ0v) is 28.0. The van der Waals surface area contributed by atoms with Gasteiger partial charge in [-0.05, 0) is 32.9 Å². The van der Waals surface area contributed by atoms with Crippen molar-refractivity contribution in [3.63, 3.8) is 0 Å². The molecule has 0 saturated carbocycles. The summed E-state index contributed by atoms with van der Waals surface area (Å²) in [6.07, 6.45) is 0. The molecule has 0 N–H and O–H groups in total. The van der Waals surface area contributed by atoms with E-state index in [4.69, 9.17) is 22.1 Å². The Labute approximate surface area is 294 Å². The fraction of sp³-hybridized carbons (Fsp3) is 0. The molecule has 50 heavy (non-hydrogen) atoms. The van der Waals surface area contributed by atoms with E-state index in [0.717, 1.165) is 16.5 Å². The molecular weight excluding hydrogens is 627 g/mol. The van der Waals surface area contributed by atoms with Crippen LogP contribution >= 0.6 is 0 Å². The van der Waals surface area contributed by atoms with Crippen molar-refractivity contribution in [2.24, 2.45) is 0 Å². The van der Waals surface area contributed by atoms with Gasteiger partial charge in [0.1, 0.15) is 11.2 Å². The summed E-state index contributed by atoms with van der Waals surface area (Å²) in [4.78, 5) is 15.1.